The average molecular weight is 332 g/mol. The number of aliphatic hydroxyl groups is 1. The Kier molecular flexibility index (Phi) is 3.48. The van der Waals surface area contributed by atoms with Crippen molar-refractivity contribution in [3.05, 3.63) is 65.0 Å². The molecule has 0 bridgehead atoms. The summed E-state index contributed by atoms with van der Waals surface area (Å²) in [5, 5.41) is 21.7. The Morgan fingerprint density at radius 1 is 1.24 bits per heavy atom. The first-order valence-corrected chi connectivity index (χ1v) is 7.88. The van der Waals surface area contributed by atoms with E-state index in [0.717, 1.165) is 21.9 Å². The molecule has 124 valence electrons. The number of furan rings is 1. The van der Waals surface area contributed by atoms with Crippen LogP contribution in [-0.4, -0.2) is 17.2 Å². The molecule has 0 aliphatic carbocycles. The molecule has 2 heterocycles. The van der Waals surface area contributed by atoms with Crippen LogP contribution in [-0.2, 0) is 0 Å². The van der Waals surface area contributed by atoms with E-state index in [2.05, 4.69) is 11.1 Å². The highest BCUT2D eigenvalue weighted by Crippen LogP contribution is 2.39. The summed E-state index contributed by atoms with van der Waals surface area (Å²) < 4.78 is 11.3. The Morgan fingerprint density at radius 3 is 2.84 bits per heavy atom. The lowest BCUT2D eigenvalue weighted by Gasteiger charge is -2.15. The molecule has 25 heavy (non-hydrogen) atoms. The Morgan fingerprint density at radius 2 is 2.08 bits per heavy atom. The quantitative estimate of drug-likeness (QED) is 0.589. The standard InChI is InChI=1S/C20H16N2O3/c1-11-7-16(24-2)18(14-5-6-22-19(11)14)20(23)17-9-13-4-3-12(10-21)8-15(13)25-17/h3-9,20,22-23H,1-2H3. The third-order valence-electron chi connectivity index (χ3n) is 4.48. The van der Waals surface area contributed by atoms with Crippen molar-refractivity contribution >= 4 is 21.9 Å². The topological polar surface area (TPSA) is 82.2 Å². The minimum absolute atomic E-state index is 0.412. The number of hydrogen-bond donors (Lipinski definition) is 2. The second kappa shape index (κ2) is 5.69. The van der Waals surface area contributed by atoms with E-state index >= 15 is 0 Å². The Balaban J connectivity index is 1.90. The maximum Gasteiger partial charge on any atom is 0.141 e. The van der Waals surface area contributed by atoms with E-state index in [1.807, 2.05) is 31.3 Å². The van der Waals surface area contributed by atoms with Crippen LogP contribution < -0.4 is 4.74 Å². The number of nitrogens with one attached hydrogen (secondary N) is 1. The van der Waals surface area contributed by atoms with Crippen molar-refractivity contribution in [2.75, 3.05) is 7.11 Å². The molecule has 2 aromatic heterocycles. The molecule has 0 aliphatic heterocycles. The van der Waals surface area contributed by atoms with Crippen molar-refractivity contribution in [1.82, 2.24) is 4.98 Å². The fourth-order valence-corrected chi connectivity index (χ4v) is 3.25. The second-order valence-corrected chi connectivity index (χ2v) is 5.99. The Bertz CT molecular complexity index is 1130. The summed E-state index contributed by atoms with van der Waals surface area (Å²) in [5.41, 5.74) is 3.74. The summed E-state index contributed by atoms with van der Waals surface area (Å²) in [6.45, 7) is 1.99. The van der Waals surface area contributed by atoms with Crippen LogP contribution in [0.25, 0.3) is 21.9 Å². The molecule has 0 saturated heterocycles. The van der Waals surface area contributed by atoms with Crippen molar-refractivity contribution in [3.8, 4) is 11.8 Å². The predicted octanol–water partition coefficient (Wildman–Crippen LogP) is 4.18. The molecule has 4 rings (SSSR count). The molecule has 0 amide bonds. The molecule has 0 aliphatic rings. The third-order valence-corrected chi connectivity index (χ3v) is 4.48. The number of aryl methyl sites for hydroxylation is 1. The van der Waals surface area contributed by atoms with Gasteiger partial charge in [0.05, 0.1) is 18.7 Å². The first-order chi connectivity index (χ1) is 12.1. The molecule has 5 heteroatoms. The number of methoxy groups -OCH3 is 1. The number of ether oxygens (including phenoxy) is 1. The maximum atomic E-state index is 11.0. The van der Waals surface area contributed by atoms with Crippen molar-refractivity contribution < 1.29 is 14.3 Å². The van der Waals surface area contributed by atoms with Gasteiger partial charge in [-0.3, -0.25) is 0 Å². The number of nitriles is 1. The van der Waals surface area contributed by atoms with Crippen molar-refractivity contribution in [1.29, 1.82) is 5.26 Å². The van der Waals surface area contributed by atoms with Crippen LogP contribution in [0.4, 0.5) is 0 Å². The zero-order valence-electron chi connectivity index (χ0n) is 13.8. The number of aliphatic hydroxyl groups excluding tert-OH is 1. The van der Waals surface area contributed by atoms with Crippen LogP contribution in [0.15, 0.2) is 47.0 Å². The van der Waals surface area contributed by atoms with Gasteiger partial charge in [0, 0.05) is 28.0 Å². The number of nitrogens with zero attached hydrogens (tertiary/aromatic N) is 1. The van der Waals surface area contributed by atoms with Crippen LogP contribution >= 0.6 is 0 Å². The molecule has 0 radical (unpaired) electrons. The van der Waals surface area contributed by atoms with Gasteiger partial charge in [-0.25, -0.2) is 0 Å². The summed E-state index contributed by atoms with van der Waals surface area (Å²) in [5.74, 6) is 1.02. The van der Waals surface area contributed by atoms with Crippen LogP contribution in [0, 0.1) is 18.3 Å². The first-order valence-electron chi connectivity index (χ1n) is 7.88. The van der Waals surface area contributed by atoms with Crippen molar-refractivity contribution in [2.45, 2.75) is 13.0 Å². The lowest BCUT2D eigenvalue weighted by Crippen LogP contribution is -2.03. The van der Waals surface area contributed by atoms with Gasteiger partial charge in [0.1, 0.15) is 23.2 Å². The fraction of sp³-hybridized carbons (Fsp3) is 0.150. The highest BCUT2D eigenvalue weighted by Gasteiger charge is 2.23. The van der Waals surface area contributed by atoms with Gasteiger partial charge in [-0.05, 0) is 48.9 Å². The van der Waals surface area contributed by atoms with Crippen LogP contribution in [0.2, 0.25) is 0 Å². The SMILES string of the molecule is COc1cc(C)c2[nH]ccc2c1C(O)c1cc2ccc(C#N)cc2o1. The second-order valence-electron chi connectivity index (χ2n) is 5.99. The molecule has 1 atom stereocenters. The molecule has 2 aromatic carbocycles. The Hall–Kier alpha value is -3.23. The van der Waals surface area contributed by atoms with Gasteiger partial charge < -0.3 is 19.2 Å². The smallest absolute Gasteiger partial charge is 0.141 e. The molecule has 0 fully saturated rings. The van der Waals surface area contributed by atoms with Gasteiger partial charge in [-0.2, -0.15) is 5.26 Å². The minimum atomic E-state index is -0.980. The predicted molar refractivity (Wildman–Crippen MR) is 94.6 cm³/mol. The lowest BCUT2D eigenvalue weighted by molar-refractivity contribution is 0.189. The van der Waals surface area contributed by atoms with E-state index in [1.165, 1.54) is 0 Å². The monoisotopic (exact) mass is 332 g/mol. The summed E-state index contributed by atoms with van der Waals surface area (Å²) in [6, 6.07) is 12.9. The van der Waals surface area contributed by atoms with Gasteiger partial charge in [0.2, 0.25) is 0 Å². The molecule has 2 N–H and O–H groups in total. The van der Waals surface area contributed by atoms with Gasteiger partial charge >= 0.3 is 0 Å². The number of benzene rings is 2. The normalized spacial score (nSPS) is 12.4. The average Bonchev–Trinajstić information content (AvgIpc) is 3.27. The number of hydrogen-bond acceptors (Lipinski definition) is 4. The van der Waals surface area contributed by atoms with Crippen molar-refractivity contribution in [2.24, 2.45) is 0 Å². The summed E-state index contributed by atoms with van der Waals surface area (Å²) in [4.78, 5) is 3.19. The summed E-state index contributed by atoms with van der Waals surface area (Å²) in [7, 11) is 1.58. The van der Waals surface area contributed by atoms with E-state index in [9.17, 15) is 5.11 Å². The first kappa shape index (κ1) is 15.3. The lowest BCUT2D eigenvalue weighted by atomic mass is 9.99. The van der Waals surface area contributed by atoms with Gasteiger partial charge in [-0.15, -0.1) is 0 Å². The molecule has 4 aromatic rings. The molecular formula is C20H16N2O3. The van der Waals surface area contributed by atoms with E-state index in [4.69, 9.17) is 14.4 Å². The third kappa shape index (κ3) is 2.35. The highest BCUT2D eigenvalue weighted by atomic mass is 16.5. The van der Waals surface area contributed by atoms with E-state index in [1.54, 1.807) is 25.3 Å². The summed E-state index contributed by atoms with van der Waals surface area (Å²) >= 11 is 0. The molecule has 0 spiro atoms. The van der Waals surface area contributed by atoms with E-state index < -0.39 is 6.10 Å². The number of H-pyrrole nitrogens is 1. The number of aromatic amines is 1. The fourth-order valence-electron chi connectivity index (χ4n) is 3.25. The molecular weight excluding hydrogens is 316 g/mol. The molecule has 5 nitrogen and oxygen atoms in total. The minimum Gasteiger partial charge on any atom is -0.496 e. The Labute approximate surface area is 144 Å². The van der Waals surface area contributed by atoms with Crippen LogP contribution in [0.3, 0.4) is 0 Å². The van der Waals surface area contributed by atoms with Gasteiger partial charge in [0.15, 0.2) is 0 Å². The highest BCUT2D eigenvalue weighted by molar-refractivity contribution is 5.89. The zero-order chi connectivity index (χ0) is 17.6. The zero-order valence-corrected chi connectivity index (χ0v) is 13.8. The largest absolute Gasteiger partial charge is 0.496 e. The van der Waals surface area contributed by atoms with Crippen LogP contribution in [0.5, 0.6) is 5.75 Å². The number of fused-ring (bicyclic) bond motifs is 2. The maximum absolute atomic E-state index is 11.0. The van der Waals surface area contributed by atoms with Crippen LogP contribution in [0.1, 0.15) is 28.6 Å². The molecule has 0 saturated carbocycles. The number of rotatable bonds is 3. The molecule has 1 unspecified atom stereocenters. The van der Waals surface area contributed by atoms with Gasteiger partial charge in [0.25, 0.3) is 0 Å². The summed E-state index contributed by atoms with van der Waals surface area (Å²) in [6.07, 6.45) is 0.859. The van der Waals surface area contributed by atoms with E-state index in [0.29, 0.717) is 28.2 Å². The van der Waals surface area contributed by atoms with Gasteiger partial charge in [-0.1, -0.05) is 0 Å². The number of aromatic nitrogens is 1. The van der Waals surface area contributed by atoms with Crippen molar-refractivity contribution in [3.63, 3.8) is 0 Å². The van der Waals surface area contributed by atoms with E-state index in [-0.39, 0.29) is 0 Å².